The van der Waals surface area contributed by atoms with Gasteiger partial charge >= 0.3 is 0 Å². The standard InChI is InChI=1S/C10H21N/c1-3-4-9-11-10(2)7-5-6-8-10/h11H,3-9H2,1-2H3. The van der Waals surface area contributed by atoms with E-state index in [1.807, 2.05) is 0 Å². The van der Waals surface area contributed by atoms with Crippen molar-refractivity contribution in [1.29, 1.82) is 0 Å². The molecule has 11 heavy (non-hydrogen) atoms. The highest BCUT2D eigenvalue weighted by molar-refractivity contribution is 4.87. The zero-order valence-corrected chi connectivity index (χ0v) is 7.95. The van der Waals surface area contributed by atoms with Crippen LogP contribution >= 0.6 is 0 Å². The maximum absolute atomic E-state index is 3.66. The predicted octanol–water partition coefficient (Wildman–Crippen LogP) is 2.71. The van der Waals surface area contributed by atoms with Gasteiger partial charge in [0, 0.05) is 5.54 Å². The second kappa shape index (κ2) is 4.10. The Morgan fingerprint density at radius 2 is 1.91 bits per heavy atom. The van der Waals surface area contributed by atoms with Crippen LogP contribution in [0.1, 0.15) is 52.4 Å². The van der Waals surface area contributed by atoms with Crippen molar-refractivity contribution in [2.45, 2.75) is 57.9 Å². The average molecular weight is 155 g/mol. The lowest BCUT2D eigenvalue weighted by Gasteiger charge is -2.25. The van der Waals surface area contributed by atoms with Gasteiger partial charge in [-0.25, -0.2) is 0 Å². The van der Waals surface area contributed by atoms with Crippen molar-refractivity contribution >= 4 is 0 Å². The molecule has 1 aliphatic rings. The van der Waals surface area contributed by atoms with Gasteiger partial charge in [0.15, 0.2) is 0 Å². The Kier molecular flexibility index (Phi) is 3.38. The molecule has 0 aromatic rings. The molecule has 1 aliphatic carbocycles. The first-order chi connectivity index (χ1) is 5.27. The summed E-state index contributed by atoms with van der Waals surface area (Å²) >= 11 is 0. The summed E-state index contributed by atoms with van der Waals surface area (Å²) in [6.07, 6.45) is 8.26. The van der Waals surface area contributed by atoms with Crippen LogP contribution in [0.4, 0.5) is 0 Å². The summed E-state index contributed by atoms with van der Waals surface area (Å²) in [5.74, 6) is 0. The smallest absolute Gasteiger partial charge is 0.0153 e. The van der Waals surface area contributed by atoms with Gasteiger partial charge in [0.2, 0.25) is 0 Å². The fourth-order valence-electron chi connectivity index (χ4n) is 1.90. The first-order valence-electron chi connectivity index (χ1n) is 5.02. The second-order valence-corrected chi connectivity index (χ2v) is 4.05. The van der Waals surface area contributed by atoms with Gasteiger partial charge in [-0.15, -0.1) is 0 Å². The Morgan fingerprint density at radius 1 is 1.27 bits per heavy atom. The van der Waals surface area contributed by atoms with Crippen LogP contribution in [0.5, 0.6) is 0 Å². The Hall–Kier alpha value is -0.0400. The highest BCUT2D eigenvalue weighted by atomic mass is 15.0. The predicted molar refractivity (Wildman–Crippen MR) is 49.8 cm³/mol. The van der Waals surface area contributed by atoms with Gasteiger partial charge in [-0.1, -0.05) is 26.2 Å². The maximum Gasteiger partial charge on any atom is 0.0153 e. The summed E-state index contributed by atoms with van der Waals surface area (Å²) in [6, 6.07) is 0. The molecule has 1 rings (SSSR count). The molecule has 0 radical (unpaired) electrons. The maximum atomic E-state index is 3.66. The third-order valence-corrected chi connectivity index (χ3v) is 2.79. The van der Waals surface area contributed by atoms with Crippen LogP contribution in [0.3, 0.4) is 0 Å². The van der Waals surface area contributed by atoms with Crippen molar-refractivity contribution in [2.24, 2.45) is 0 Å². The van der Waals surface area contributed by atoms with E-state index in [0.717, 1.165) is 0 Å². The van der Waals surface area contributed by atoms with Crippen LogP contribution in [0.2, 0.25) is 0 Å². The molecule has 0 spiro atoms. The molecule has 0 aliphatic heterocycles. The Bertz CT molecular complexity index is 103. The highest BCUT2D eigenvalue weighted by Gasteiger charge is 2.26. The molecule has 66 valence electrons. The van der Waals surface area contributed by atoms with E-state index in [2.05, 4.69) is 19.2 Å². The van der Waals surface area contributed by atoms with E-state index in [0.29, 0.717) is 5.54 Å². The van der Waals surface area contributed by atoms with E-state index >= 15 is 0 Å². The van der Waals surface area contributed by atoms with Crippen molar-refractivity contribution in [3.05, 3.63) is 0 Å². The molecule has 0 atom stereocenters. The van der Waals surface area contributed by atoms with Crippen molar-refractivity contribution in [1.82, 2.24) is 5.32 Å². The lowest BCUT2D eigenvalue weighted by Crippen LogP contribution is -2.39. The Labute approximate surface area is 70.6 Å². The summed E-state index contributed by atoms with van der Waals surface area (Å²) < 4.78 is 0. The van der Waals surface area contributed by atoms with Gasteiger partial charge in [-0.3, -0.25) is 0 Å². The zero-order chi connectivity index (χ0) is 8.16. The number of unbranched alkanes of at least 4 members (excludes halogenated alkanes) is 1. The Morgan fingerprint density at radius 3 is 2.45 bits per heavy atom. The van der Waals surface area contributed by atoms with E-state index in [1.165, 1.54) is 45.1 Å². The largest absolute Gasteiger partial charge is 0.312 e. The minimum atomic E-state index is 0.495. The number of hydrogen-bond donors (Lipinski definition) is 1. The van der Waals surface area contributed by atoms with Crippen LogP contribution < -0.4 is 5.32 Å². The van der Waals surface area contributed by atoms with Gasteiger partial charge in [0.1, 0.15) is 0 Å². The normalized spacial score (nSPS) is 22.4. The Balaban J connectivity index is 2.13. The summed E-state index contributed by atoms with van der Waals surface area (Å²) in [6.45, 7) is 5.83. The first-order valence-corrected chi connectivity index (χ1v) is 5.02. The van der Waals surface area contributed by atoms with Gasteiger partial charge in [0.05, 0.1) is 0 Å². The minimum absolute atomic E-state index is 0.495. The molecular formula is C10H21N. The van der Waals surface area contributed by atoms with Gasteiger partial charge in [-0.2, -0.15) is 0 Å². The lowest BCUT2D eigenvalue weighted by atomic mass is 10.0. The van der Waals surface area contributed by atoms with Crippen LogP contribution in [0.15, 0.2) is 0 Å². The molecule has 1 fully saturated rings. The van der Waals surface area contributed by atoms with Crippen LogP contribution in [0, 0.1) is 0 Å². The molecule has 1 N–H and O–H groups in total. The minimum Gasteiger partial charge on any atom is -0.312 e. The third kappa shape index (κ3) is 2.82. The van der Waals surface area contributed by atoms with Crippen LogP contribution in [-0.4, -0.2) is 12.1 Å². The number of rotatable bonds is 4. The van der Waals surface area contributed by atoms with Crippen molar-refractivity contribution in [3.63, 3.8) is 0 Å². The van der Waals surface area contributed by atoms with Gasteiger partial charge in [-0.05, 0) is 32.7 Å². The summed E-state index contributed by atoms with van der Waals surface area (Å²) in [7, 11) is 0. The molecule has 1 heteroatoms. The first kappa shape index (κ1) is 9.05. The average Bonchev–Trinajstić information content (AvgIpc) is 2.38. The summed E-state index contributed by atoms with van der Waals surface area (Å²) in [4.78, 5) is 0. The monoisotopic (exact) mass is 155 g/mol. The van der Waals surface area contributed by atoms with Crippen molar-refractivity contribution in [3.8, 4) is 0 Å². The SMILES string of the molecule is CCCCNC1(C)CCCC1. The molecular weight excluding hydrogens is 134 g/mol. The summed E-state index contributed by atoms with van der Waals surface area (Å²) in [5.41, 5.74) is 0.495. The van der Waals surface area contributed by atoms with E-state index in [9.17, 15) is 0 Å². The quantitative estimate of drug-likeness (QED) is 0.615. The van der Waals surface area contributed by atoms with E-state index in [4.69, 9.17) is 0 Å². The molecule has 1 saturated carbocycles. The molecule has 0 aromatic carbocycles. The number of nitrogens with one attached hydrogen (secondary N) is 1. The summed E-state index contributed by atoms with van der Waals surface area (Å²) in [5, 5.41) is 3.66. The van der Waals surface area contributed by atoms with Crippen molar-refractivity contribution < 1.29 is 0 Å². The zero-order valence-electron chi connectivity index (χ0n) is 7.95. The van der Waals surface area contributed by atoms with E-state index in [1.54, 1.807) is 0 Å². The molecule has 1 nitrogen and oxygen atoms in total. The van der Waals surface area contributed by atoms with Gasteiger partial charge < -0.3 is 5.32 Å². The fraction of sp³-hybridized carbons (Fsp3) is 1.00. The van der Waals surface area contributed by atoms with E-state index in [-0.39, 0.29) is 0 Å². The number of hydrogen-bond acceptors (Lipinski definition) is 1. The third-order valence-electron chi connectivity index (χ3n) is 2.79. The molecule has 0 bridgehead atoms. The van der Waals surface area contributed by atoms with Crippen LogP contribution in [0.25, 0.3) is 0 Å². The molecule has 0 saturated heterocycles. The fourth-order valence-corrected chi connectivity index (χ4v) is 1.90. The van der Waals surface area contributed by atoms with Crippen LogP contribution in [-0.2, 0) is 0 Å². The molecule has 0 aromatic heterocycles. The lowest BCUT2D eigenvalue weighted by molar-refractivity contribution is 0.362. The second-order valence-electron chi connectivity index (χ2n) is 4.05. The molecule has 0 amide bonds. The van der Waals surface area contributed by atoms with E-state index < -0.39 is 0 Å². The molecule has 0 unspecified atom stereocenters. The highest BCUT2D eigenvalue weighted by Crippen LogP contribution is 2.28. The molecule has 0 heterocycles. The van der Waals surface area contributed by atoms with Gasteiger partial charge in [0.25, 0.3) is 0 Å². The van der Waals surface area contributed by atoms with Crippen molar-refractivity contribution in [2.75, 3.05) is 6.54 Å². The topological polar surface area (TPSA) is 12.0 Å².